The fraction of sp³-hybridized carbons (Fsp3) is 0.188. The Labute approximate surface area is 130 Å². The molecule has 2 aromatic rings. The molecule has 116 valence electrons. The normalized spacial score (nSPS) is 12.7. The third kappa shape index (κ3) is 3.72. The maximum absolute atomic E-state index is 12.3. The molecule has 0 aliphatic carbocycles. The average molecular weight is 318 g/mol. The number of hydrogen-bond donors (Lipinski definition) is 2. The number of carbonyl (C=O) groups is 1. The lowest BCUT2D eigenvalue weighted by Gasteiger charge is -2.16. The Bertz CT molecular complexity index is 801. The van der Waals surface area contributed by atoms with E-state index in [1.807, 2.05) is 19.1 Å². The minimum absolute atomic E-state index is 0.0296. The van der Waals surface area contributed by atoms with Crippen molar-refractivity contribution in [2.45, 2.75) is 24.8 Å². The standard InChI is InChI=1S/C16H18N2O3S/c1-11-6-3-4-9-15(11)16(19)18-12(2)13-7-5-8-14(10-13)22(17,20)21/h3-10,12H,1-2H3,(H,18,19)(H2,17,20,21). The molecular formula is C16H18N2O3S. The van der Waals surface area contributed by atoms with Gasteiger partial charge in [-0.05, 0) is 43.2 Å². The number of sulfonamides is 1. The molecular weight excluding hydrogens is 300 g/mol. The van der Waals surface area contributed by atoms with Gasteiger partial charge in [-0.2, -0.15) is 0 Å². The molecule has 0 saturated carbocycles. The van der Waals surface area contributed by atoms with Crippen LogP contribution >= 0.6 is 0 Å². The van der Waals surface area contributed by atoms with Gasteiger partial charge in [0.1, 0.15) is 0 Å². The number of hydrogen-bond acceptors (Lipinski definition) is 3. The van der Waals surface area contributed by atoms with Crippen LogP contribution in [0.2, 0.25) is 0 Å². The average Bonchev–Trinajstić information content (AvgIpc) is 2.46. The van der Waals surface area contributed by atoms with Gasteiger partial charge in [0.2, 0.25) is 10.0 Å². The topological polar surface area (TPSA) is 89.3 Å². The Hall–Kier alpha value is -2.18. The van der Waals surface area contributed by atoms with Crippen LogP contribution in [0.5, 0.6) is 0 Å². The van der Waals surface area contributed by atoms with Crippen molar-refractivity contribution in [2.24, 2.45) is 5.14 Å². The van der Waals surface area contributed by atoms with Crippen LogP contribution in [0, 0.1) is 6.92 Å². The Morgan fingerprint density at radius 3 is 2.45 bits per heavy atom. The molecule has 0 aliphatic rings. The summed E-state index contributed by atoms with van der Waals surface area (Å²) in [6.07, 6.45) is 0. The maximum Gasteiger partial charge on any atom is 0.252 e. The van der Waals surface area contributed by atoms with Crippen molar-refractivity contribution in [3.8, 4) is 0 Å². The van der Waals surface area contributed by atoms with Gasteiger partial charge in [0.25, 0.3) is 5.91 Å². The molecule has 0 fully saturated rings. The first-order chi connectivity index (χ1) is 10.3. The summed E-state index contributed by atoms with van der Waals surface area (Å²) in [5.41, 5.74) is 2.15. The van der Waals surface area contributed by atoms with Gasteiger partial charge < -0.3 is 5.32 Å². The zero-order valence-electron chi connectivity index (χ0n) is 12.4. The molecule has 1 unspecified atom stereocenters. The van der Waals surface area contributed by atoms with Gasteiger partial charge in [0, 0.05) is 5.56 Å². The van der Waals surface area contributed by atoms with Crippen LogP contribution in [0.15, 0.2) is 53.4 Å². The maximum atomic E-state index is 12.3. The highest BCUT2D eigenvalue weighted by atomic mass is 32.2. The minimum Gasteiger partial charge on any atom is -0.346 e. The molecule has 22 heavy (non-hydrogen) atoms. The number of primary sulfonamides is 1. The third-order valence-corrected chi connectivity index (χ3v) is 4.33. The summed E-state index contributed by atoms with van der Waals surface area (Å²) >= 11 is 0. The molecule has 1 amide bonds. The van der Waals surface area contributed by atoms with Crippen molar-refractivity contribution >= 4 is 15.9 Å². The molecule has 0 saturated heterocycles. The summed E-state index contributed by atoms with van der Waals surface area (Å²) in [5.74, 6) is -0.202. The minimum atomic E-state index is -3.76. The highest BCUT2D eigenvalue weighted by molar-refractivity contribution is 7.89. The summed E-state index contributed by atoms with van der Waals surface area (Å²) in [6.45, 7) is 3.65. The molecule has 6 heteroatoms. The summed E-state index contributed by atoms with van der Waals surface area (Å²) in [6, 6.07) is 13.2. The lowest BCUT2D eigenvalue weighted by Crippen LogP contribution is -2.27. The van der Waals surface area contributed by atoms with Crippen LogP contribution in [0.1, 0.15) is 34.5 Å². The van der Waals surface area contributed by atoms with E-state index in [1.165, 1.54) is 12.1 Å². The quantitative estimate of drug-likeness (QED) is 0.905. The molecule has 0 heterocycles. The van der Waals surface area contributed by atoms with Crippen LogP contribution < -0.4 is 10.5 Å². The van der Waals surface area contributed by atoms with Gasteiger partial charge in [0.05, 0.1) is 10.9 Å². The predicted molar refractivity (Wildman–Crippen MR) is 84.9 cm³/mol. The number of nitrogens with one attached hydrogen (secondary N) is 1. The monoisotopic (exact) mass is 318 g/mol. The van der Waals surface area contributed by atoms with Crippen molar-refractivity contribution in [2.75, 3.05) is 0 Å². The van der Waals surface area contributed by atoms with Crippen LogP contribution in [0.3, 0.4) is 0 Å². The number of aryl methyl sites for hydroxylation is 1. The van der Waals surface area contributed by atoms with Gasteiger partial charge in [-0.25, -0.2) is 13.6 Å². The Balaban J connectivity index is 2.21. The first-order valence-electron chi connectivity index (χ1n) is 6.78. The number of rotatable bonds is 4. The molecule has 0 bridgehead atoms. The molecule has 0 aliphatic heterocycles. The Morgan fingerprint density at radius 2 is 1.82 bits per heavy atom. The van der Waals surface area contributed by atoms with Crippen LogP contribution in [-0.2, 0) is 10.0 Å². The van der Waals surface area contributed by atoms with E-state index in [1.54, 1.807) is 31.2 Å². The second kappa shape index (κ2) is 6.29. The van der Waals surface area contributed by atoms with E-state index in [0.717, 1.165) is 5.56 Å². The largest absolute Gasteiger partial charge is 0.346 e. The number of carbonyl (C=O) groups excluding carboxylic acids is 1. The first kappa shape index (κ1) is 16.2. The highest BCUT2D eigenvalue weighted by Crippen LogP contribution is 2.17. The van der Waals surface area contributed by atoms with E-state index in [2.05, 4.69) is 5.32 Å². The van der Waals surface area contributed by atoms with Gasteiger partial charge in [-0.15, -0.1) is 0 Å². The Kier molecular flexibility index (Phi) is 4.63. The van der Waals surface area contributed by atoms with E-state index in [9.17, 15) is 13.2 Å². The van der Waals surface area contributed by atoms with Gasteiger partial charge in [0.15, 0.2) is 0 Å². The van der Waals surface area contributed by atoms with E-state index >= 15 is 0 Å². The number of nitrogens with two attached hydrogens (primary N) is 1. The summed E-state index contributed by atoms with van der Waals surface area (Å²) < 4.78 is 22.8. The second-order valence-electron chi connectivity index (χ2n) is 5.13. The zero-order chi connectivity index (χ0) is 16.3. The molecule has 3 N–H and O–H groups in total. The van der Waals surface area contributed by atoms with Gasteiger partial charge in [-0.1, -0.05) is 30.3 Å². The van der Waals surface area contributed by atoms with Crippen LogP contribution in [0.4, 0.5) is 0 Å². The van der Waals surface area contributed by atoms with Crippen molar-refractivity contribution in [3.63, 3.8) is 0 Å². The van der Waals surface area contributed by atoms with Gasteiger partial charge >= 0.3 is 0 Å². The molecule has 0 aromatic heterocycles. The molecule has 2 aromatic carbocycles. The Morgan fingerprint density at radius 1 is 1.14 bits per heavy atom. The zero-order valence-corrected chi connectivity index (χ0v) is 13.2. The highest BCUT2D eigenvalue weighted by Gasteiger charge is 2.15. The van der Waals surface area contributed by atoms with Crippen LogP contribution in [-0.4, -0.2) is 14.3 Å². The van der Waals surface area contributed by atoms with Crippen molar-refractivity contribution in [3.05, 3.63) is 65.2 Å². The predicted octanol–water partition coefficient (Wildman–Crippen LogP) is 2.13. The fourth-order valence-electron chi connectivity index (χ4n) is 2.15. The molecule has 5 nitrogen and oxygen atoms in total. The summed E-state index contributed by atoms with van der Waals surface area (Å²) in [5, 5.41) is 7.98. The first-order valence-corrected chi connectivity index (χ1v) is 8.33. The number of benzene rings is 2. The molecule has 2 rings (SSSR count). The van der Waals surface area contributed by atoms with Crippen LogP contribution in [0.25, 0.3) is 0 Å². The van der Waals surface area contributed by atoms with Gasteiger partial charge in [-0.3, -0.25) is 4.79 Å². The SMILES string of the molecule is Cc1ccccc1C(=O)NC(C)c1cccc(S(N)(=O)=O)c1. The molecule has 1 atom stereocenters. The summed E-state index contributed by atoms with van der Waals surface area (Å²) in [4.78, 5) is 12.3. The lowest BCUT2D eigenvalue weighted by atomic mass is 10.1. The fourth-order valence-corrected chi connectivity index (χ4v) is 2.71. The third-order valence-electron chi connectivity index (χ3n) is 3.42. The summed E-state index contributed by atoms with van der Waals surface area (Å²) in [7, 11) is -3.76. The molecule has 0 spiro atoms. The van der Waals surface area contributed by atoms with Crippen molar-refractivity contribution < 1.29 is 13.2 Å². The van der Waals surface area contributed by atoms with E-state index in [4.69, 9.17) is 5.14 Å². The van der Waals surface area contributed by atoms with E-state index in [0.29, 0.717) is 11.1 Å². The second-order valence-corrected chi connectivity index (χ2v) is 6.69. The lowest BCUT2D eigenvalue weighted by molar-refractivity contribution is 0.0939. The number of amides is 1. The van der Waals surface area contributed by atoms with Crippen molar-refractivity contribution in [1.29, 1.82) is 0 Å². The molecule has 0 radical (unpaired) electrons. The smallest absolute Gasteiger partial charge is 0.252 e. The van der Waals surface area contributed by atoms with Crippen molar-refractivity contribution in [1.82, 2.24) is 5.32 Å². The van der Waals surface area contributed by atoms with E-state index in [-0.39, 0.29) is 16.8 Å². The van der Waals surface area contributed by atoms with E-state index < -0.39 is 10.0 Å².